The average molecular weight is 238 g/mol. The fourth-order valence-electron chi connectivity index (χ4n) is 1.40. The van der Waals surface area contributed by atoms with Crippen molar-refractivity contribution in [1.82, 2.24) is 0 Å². The Balaban J connectivity index is 2.52. The maximum Gasteiger partial charge on any atom is 0.199 e. The van der Waals surface area contributed by atoms with Crippen molar-refractivity contribution in [1.29, 1.82) is 0 Å². The molecule has 2 nitrogen and oxygen atoms in total. The molecule has 0 radical (unpaired) electrons. The third kappa shape index (κ3) is 3.99. The summed E-state index contributed by atoms with van der Waals surface area (Å²) in [6.07, 6.45) is 1.06. The minimum atomic E-state index is -0.520. The topological polar surface area (TPSA) is 37.3 Å². The molecule has 1 aromatic carbocycles. The van der Waals surface area contributed by atoms with E-state index in [9.17, 15) is 9.90 Å². The molecule has 0 heterocycles. The van der Waals surface area contributed by atoms with Crippen molar-refractivity contribution in [2.24, 2.45) is 5.92 Å². The zero-order chi connectivity index (χ0) is 12.0. The van der Waals surface area contributed by atoms with Gasteiger partial charge in [0, 0.05) is 4.90 Å². The molecule has 16 heavy (non-hydrogen) atoms. The van der Waals surface area contributed by atoms with Gasteiger partial charge in [-0.05, 0) is 18.6 Å². The van der Waals surface area contributed by atoms with Crippen molar-refractivity contribution in [2.75, 3.05) is 0 Å². The number of carbonyl (C=O) groups excluding carboxylic acids is 1. The molecule has 0 amide bonds. The summed E-state index contributed by atoms with van der Waals surface area (Å²) < 4.78 is 0. The average Bonchev–Trinajstić information content (AvgIpc) is 2.29. The van der Waals surface area contributed by atoms with Gasteiger partial charge in [-0.3, -0.25) is 4.79 Å². The molecule has 0 aromatic heterocycles. The first kappa shape index (κ1) is 13.3. The second kappa shape index (κ2) is 6.71. The molecule has 0 bridgehead atoms. The lowest BCUT2D eigenvalue weighted by molar-refractivity contribution is -0.117. The van der Waals surface area contributed by atoms with Crippen molar-refractivity contribution < 1.29 is 9.90 Å². The summed E-state index contributed by atoms with van der Waals surface area (Å²) in [5.41, 5.74) is 0. The van der Waals surface area contributed by atoms with Gasteiger partial charge in [0.15, 0.2) is 5.12 Å². The summed E-state index contributed by atoms with van der Waals surface area (Å²) in [5.74, 6) is -0.301. The minimum Gasteiger partial charge on any atom is -0.392 e. The number of hydrogen-bond donors (Lipinski definition) is 1. The summed E-state index contributed by atoms with van der Waals surface area (Å²) >= 11 is 1.21. The highest BCUT2D eigenvalue weighted by Gasteiger charge is 2.21. The zero-order valence-corrected chi connectivity index (χ0v) is 10.5. The Labute approximate surface area is 101 Å². The highest BCUT2D eigenvalue weighted by Crippen LogP contribution is 2.24. The Kier molecular flexibility index (Phi) is 5.56. The molecule has 1 rings (SSSR count). The quantitative estimate of drug-likeness (QED) is 0.801. The van der Waals surface area contributed by atoms with Gasteiger partial charge in [-0.25, -0.2) is 0 Å². The lowest BCUT2D eigenvalue weighted by Crippen LogP contribution is -2.23. The van der Waals surface area contributed by atoms with Gasteiger partial charge in [-0.1, -0.05) is 50.2 Å². The highest BCUT2D eigenvalue weighted by molar-refractivity contribution is 8.13. The molecule has 0 spiro atoms. The Bertz CT molecular complexity index is 324. The molecule has 3 heteroatoms. The van der Waals surface area contributed by atoms with Crippen LogP contribution < -0.4 is 0 Å². The molecule has 0 aliphatic heterocycles. The van der Waals surface area contributed by atoms with Crippen LogP contribution in [0.2, 0.25) is 0 Å². The van der Waals surface area contributed by atoms with Crippen molar-refractivity contribution in [3.63, 3.8) is 0 Å². The van der Waals surface area contributed by atoms with Crippen LogP contribution in [0.25, 0.3) is 0 Å². The van der Waals surface area contributed by atoms with Gasteiger partial charge >= 0.3 is 0 Å². The number of carbonyl (C=O) groups is 1. The molecular formula is C13H18O2S. The highest BCUT2D eigenvalue weighted by atomic mass is 32.2. The minimum absolute atomic E-state index is 0.0344. The monoisotopic (exact) mass is 238 g/mol. The molecule has 0 fully saturated rings. The van der Waals surface area contributed by atoms with Crippen LogP contribution in [0.5, 0.6) is 0 Å². The van der Waals surface area contributed by atoms with E-state index in [0.717, 1.165) is 11.3 Å². The molecule has 1 N–H and O–H groups in total. The first-order chi connectivity index (χ1) is 7.65. The number of rotatable bonds is 5. The van der Waals surface area contributed by atoms with E-state index in [2.05, 4.69) is 0 Å². The third-order valence-corrected chi connectivity index (χ3v) is 3.58. The number of aliphatic hydroxyl groups excluding tert-OH is 1. The van der Waals surface area contributed by atoms with Crippen LogP contribution in [0.3, 0.4) is 0 Å². The van der Waals surface area contributed by atoms with E-state index in [0.29, 0.717) is 6.42 Å². The van der Waals surface area contributed by atoms with Crippen LogP contribution in [0.15, 0.2) is 35.2 Å². The summed E-state index contributed by atoms with van der Waals surface area (Å²) in [5, 5.41) is 9.77. The summed E-state index contributed by atoms with van der Waals surface area (Å²) in [6, 6.07) is 9.54. The van der Waals surface area contributed by atoms with Crippen molar-refractivity contribution in [2.45, 2.75) is 37.7 Å². The SMILES string of the molecule is CCC[C@@H](O)[C@H](C)C(=O)Sc1ccccc1. The second-order valence-electron chi connectivity index (χ2n) is 3.88. The van der Waals surface area contributed by atoms with Crippen molar-refractivity contribution in [3.05, 3.63) is 30.3 Å². The molecule has 0 unspecified atom stereocenters. The first-order valence-electron chi connectivity index (χ1n) is 5.60. The lowest BCUT2D eigenvalue weighted by Gasteiger charge is -2.16. The fourth-order valence-corrected chi connectivity index (χ4v) is 2.27. The largest absolute Gasteiger partial charge is 0.392 e. The molecule has 0 saturated carbocycles. The van der Waals surface area contributed by atoms with Gasteiger partial charge in [-0.15, -0.1) is 0 Å². The Hall–Kier alpha value is -0.800. The van der Waals surface area contributed by atoms with E-state index in [1.54, 1.807) is 6.92 Å². The predicted molar refractivity (Wildman–Crippen MR) is 67.4 cm³/mol. The molecular weight excluding hydrogens is 220 g/mol. The van der Waals surface area contributed by atoms with Gasteiger partial charge in [0.2, 0.25) is 0 Å². The zero-order valence-electron chi connectivity index (χ0n) is 9.72. The normalized spacial score (nSPS) is 14.4. The smallest absolute Gasteiger partial charge is 0.199 e. The van der Waals surface area contributed by atoms with E-state index < -0.39 is 6.10 Å². The van der Waals surface area contributed by atoms with Crippen molar-refractivity contribution >= 4 is 16.9 Å². The Morgan fingerprint density at radius 3 is 2.56 bits per heavy atom. The van der Waals surface area contributed by atoms with E-state index >= 15 is 0 Å². The van der Waals surface area contributed by atoms with Crippen molar-refractivity contribution in [3.8, 4) is 0 Å². The van der Waals surface area contributed by atoms with Crippen LogP contribution >= 0.6 is 11.8 Å². The number of benzene rings is 1. The number of aliphatic hydroxyl groups is 1. The van der Waals surface area contributed by atoms with Crippen LogP contribution in [0.4, 0.5) is 0 Å². The second-order valence-corrected chi connectivity index (χ2v) is 4.96. The lowest BCUT2D eigenvalue weighted by atomic mass is 10.0. The molecule has 1 aromatic rings. The van der Waals surface area contributed by atoms with Gasteiger partial charge in [-0.2, -0.15) is 0 Å². The molecule has 0 aliphatic carbocycles. The number of thioether (sulfide) groups is 1. The predicted octanol–water partition coefficient (Wildman–Crippen LogP) is 3.10. The van der Waals surface area contributed by atoms with Crippen LogP contribution in [-0.2, 0) is 4.79 Å². The van der Waals surface area contributed by atoms with E-state index in [4.69, 9.17) is 0 Å². The van der Waals surface area contributed by atoms with E-state index in [1.807, 2.05) is 37.3 Å². The maximum atomic E-state index is 11.8. The van der Waals surface area contributed by atoms with Crippen LogP contribution in [0, 0.1) is 5.92 Å². The number of hydrogen-bond acceptors (Lipinski definition) is 3. The third-order valence-electron chi connectivity index (χ3n) is 2.50. The molecule has 2 atom stereocenters. The van der Waals surface area contributed by atoms with E-state index in [1.165, 1.54) is 11.8 Å². The molecule has 88 valence electrons. The first-order valence-corrected chi connectivity index (χ1v) is 6.41. The van der Waals surface area contributed by atoms with Crippen LogP contribution in [0.1, 0.15) is 26.7 Å². The molecule has 0 saturated heterocycles. The van der Waals surface area contributed by atoms with Gasteiger partial charge < -0.3 is 5.11 Å². The van der Waals surface area contributed by atoms with Gasteiger partial charge in [0.1, 0.15) is 0 Å². The summed E-state index contributed by atoms with van der Waals surface area (Å²) in [4.78, 5) is 12.8. The Morgan fingerprint density at radius 2 is 2.00 bits per heavy atom. The van der Waals surface area contributed by atoms with Gasteiger partial charge in [0.05, 0.1) is 12.0 Å². The molecule has 0 aliphatic rings. The standard InChI is InChI=1S/C13H18O2S/c1-3-7-12(14)10(2)13(15)16-11-8-5-4-6-9-11/h4-6,8-10,12,14H,3,7H2,1-2H3/t10-,12+/m0/s1. The maximum absolute atomic E-state index is 11.8. The fraction of sp³-hybridized carbons (Fsp3) is 0.462. The van der Waals surface area contributed by atoms with Gasteiger partial charge in [0.25, 0.3) is 0 Å². The van der Waals surface area contributed by atoms with Crippen LogP contribution in [-0.4, -0.2) is 16.3 Å². The summed E-state index contributed by atoms with van der Waals surface area (Å²) in [6.45, 7) is 3.79. The summed E-state index contributed by atoms with van der Waals surface area (Å²) in [7, 11) is 0. The Morgan fingerprint density at radius 1 is 1.38 bits per heavy atom. The van der Waals surface area contributed by atoms with E-state index in [-0.39, 0.29) is 11.0 Å².